The monoisotopic (exact) mass is 417 g/mol. The van der Waals surface area contributed by atoms with Gasteiger partial charge in [0.05, 0.1) is 11.6 Å². The van der Waals surface area contributed by atoms with E-state index in [4.69, 9.17) is 0 Å². The Hall–Kier alpha value is -3.00. The van der Waals surface area contributed by atoms with Crippen LogP contribution in [0.2, 0.25) is 0 Å². The average Bonchev–Trinajstić information content (AvgIpc) is 3.26. The molecular formula is C22H22F3N3O2. The molecule has 1 saturated carbocycles. The molecule has 0 bridgehead atoms. The molecule has 0 saturated heterocycles. The van der Waals surface area contributed by atoms with Crippen molar-refractivity contribution in [1.29, 1.82) is 0 Å². The number of carbonyl (C=O) groups is 1. The minimum absolute atomic E-state index is 0.0638. The van der Waals surface area contributed by atoms with Crippen LogP contribution in [0.25, 0.3) is 22.2 Å². The van der Waals surface area contributed by atoms with Gasteiger partial charge in [0.1, 0.15) is 17.5 Å². The quantitative estimate of drug-likeness (QED) is 0.506. The fourth-order valence-corrected chi connectivity index (χ4v) is 4.02. The van der Waals surface area contributed by atoms with Crippen LogP contribution in [-0.2, 0) is 6.42 Å². The molecule has 2 atom stereocenters. The first kappa shape index (κ1) is 20.3. The maximum atomic E-state index is 14.3. The summed E-state index contributed by atoms with van der Waals surface area (Å²) in [5.74, 6) is -1.81. The number of amides is 2. The number of aliphatic hydroxyl groups is 1. The number of hydrogen-bond donors (Lipinski definition) is 4. The molecule has 30 heavy (non-hydrogen) atoms. The topological polar surface area (TPSA) is 77.2 Å². The molecule has 8 heteroatoms. The van der Waals surface area contributed by atoms with Gasteiger partial charge in [-0.15, -0.1) is 0 Å². The van der Waals surface area contributed by atoms with Crippen LogP contribution in [0.5, 0.6) is 0 Å². The number of H-pyrrole nitrogens is 1. The summed E-state index contributed by atoms with van der Waals surface area (Å²) < 4.78 is 41.5. The summed E-state index contributed by atoms with van der Waals surface area (Å²) in [4.78, 5) is 15.1. The Morgan fingerprint density at radius 2 is 1.87 bits per heavy atom. The Balaban J connectivity index is 1.55. The van der Waals surface area contributed by atoms with Gasteiger partial charge in [0.2, 0.25) is 0 Å². The van der Waals surface area contributed by atoms with Crippen LogP contribution in [0.4, 0.5) is 18.0 Å². The summed E-state index contributed by atoms with van der Waals surface area (Å²) in [6.07, 6.45) is 1.85. The predicted octanol–water partition coefficient (Wildman–Crippen LogP) is 4.01. The van der Waals surface area contributed by atoms with Crippen molar-refractivity contribution in [2.24, 2.45) is 0 Å². The Labute approximate surface area is 171 Å². The first-order valence-electron chi connectivity index (χ1n) is 9.88. The number of urea groups is 1. The fourth-order valence-electron chi connectivity index (χ4n) is 4.02. The molecule has 1 aromatic heterocycles. The van der Waals surface area contributed by atoms with Crippen molar-refractivity contribution in [3.8, 4) is 11.3 Å². The maximum Gasteiger partial charge on any atom is 0.315 e. The number of nitrogens with one attached hydrogen (secondary N) is 3. The number of benzene rings is 2. The molecule has 3 aromatic rings. The second-order valence-corrected chi connectivity index (χ2v) is 7.61. The molecule has 158 valence electrons. The van der Waals surface area contributed by atoms with Gasteiger partial charge in [-0.2, -0.15) is 0 Å². The number of halogens is 3. The van der Waals surface area contributed by atoms with Crippen LogP contribution in [0.1, 0.15) is 24.8 Å². The molecule has 0 spiro atoms. The third-order valence-electron chi connectivity index (χ3n) is 5.47. The Morgan fingerprint density at radius 3 is 2.57 bits per heavy atom. The fraction of sp³-hybridized carbons (Fsp3) is 0.318. The summed E-state index contributed by atoms with van der Waals surface area (Å²) in [7, 11) is 0. The van der Waals surface area contributed by atoms with Crippen LogP contribution in [0.15, 0.2) is 36.4 Å². The lowest BCUT2D eigenvalue weighted by molar-refractivity contribution is 0.179. The number of rotatable bonds is 5. The highest BCUT2D eigenvalue weighted by Gasteiger charge is 2.24. The number of hydrogen-bond acceptors (Lipinski definition) is 2. The molecule has 1 heterocycles. The van der Waals surface area contributed by atoms with Crippen molar-refractivity contribution in [2.45, 2.75) is 37.8 Å². The van der Waals surface area contributed by atoms with Crippen molar-refractivity contribution < 1.29 is 23.1 Å². The van der Waals surface area contributed by atoms with E-state index >= 15 is 0 Å². The normalized spacial score (nSPS) is 18.7. The van der Waals surface area contributed by atoms with Gasteiger partial charge in [0.25, 0.3) is 0 Å². The average molecular weight is 417 g/mol. The first-order valence-corrected chi connectivity index (χ1v) is 9.88. The maximum absolute atomic E-state index is 14.3. The molecule has 2 aromatic carbocycles. The summed E-state index contributed by atoms with van der Waals surface area (Å²) in [6, 6.07) is 7.34. The van der Waals surface area contributed by atoms with Crippen LogP contribution in [-0.4, -0.2) is 34.8 Å². The van der Waals surface area contributed by atoms with Gasteiger partial charge in [0.15, 0.2) is 0 Å². The molecule has 1 aliphatic carbocycles. The molecule has 0 aliphatic heterocycles. The lowest BCUT2D eigenvalue weighted by Crippen LogP contribution is -2.41. The van der Waals surface area contributed by atoms with Gasteiger partial charge < -0.3 is 20.7 Å². The van der Waals surface area contributed by atoms with Crippen molar-refractivity contribution in [1.82, 2.24) is 15.6 Å². The van der Waals surface area contributed by atoms with Crippen molar-refractivity contribution >= 4 is 16.9 Å². The predicted molar refractivity (Wildman–Crippen MR) is 107 cm³/mol. The molecule has 4 rings (SSSR count). The summed E-state index contributed by atoms with van der Waals surface area (Å²) in [6.45, 7) is 0.236. The minimum Gasteiger partial charge on any atom is -0.393 e. The van der Waals surface area contributed by atoms with Gasteiger partial charge in [-0.25, -0.2) is 18.0 Å². The highest BCUT2D eigenvalue weighted by Crippen LogP contribution is 2.32. The molecule has 1 aliphatic rings. The summed E-state index contributed by atoms with van der Waals surface area (Å²) >= 11 is 0. The Morgan fingerprint density at radius 1 is 1.10 bits per heavy atom. The number of fused-ring (bicyclic) bond motifs is 1. The van der Waals surface area contributed by atoms with E-state index < -0.39 is 17.5 Å². The standard InChI is InChI=1S/C22H22F3N3O2/c23-13-3-1-12(2-4-13)20-17(18-9-14(24)10-19(25)21(18)28-20)7-8-26-22(30)27-15-5-6-16(29)11-15/h1-4,9-10,15-16,28-29H,5-8,11H2,(H2,26,27,30)/t15-,16+/m1/s1. The van der Waals surface area contributed by atoms with Crippen LogP contribution in [0.3, 0.4) is 0 Å². The zero-order chi connectivity index (χ0) is 21.3. The number of carbonyl (C=O) groups excluding carboxylic acids is 1. The largest absolute Gasteiger partial charge is 0.393 e. The van der Waals surface area contributed by atoms with E-state index in [1.54, 1.807) is 12.1 Å². The van der Waals surface area contributed by atoms with Gasteiger partial charge in [-0.1, -0.05) is 0 Å². The lowest BCUT2D eigenvalue weighted by Gasteiger charge is -2.13. The van der Waals surface area contributed by atoms with E-state index in [0.29, 0.717) is 41.5 Å². The van der Waals surface area contributed by atoms with Gasteiger partial charge in [0, 0.05) is 29.7 Å². The third-order valence-corrected chi connectivity index (χ3v) is 5.47. The lowest BCUT2D eigenvalue weighted by atomic mass is 10.0. The highest BCUT2D eigenvalue weighted by molar-refractivity contribution is 5.91. The molecule has 5 nitrogen and oxygen atoms in total. The van der Waals surface area contributed by atoms with Crippen LogP contribution in [0, 0.1) is 17.5 Å². The second kappa shape index (κ2) is 8.39. The third kappa shape index (κ3) is 4.28. The van der Waals surface area contributed by atoms with E-state index in [2.05, 4.69) is 15.6 Å². The van der Waals surface area contributed by atoms with Gasteiger partial charge >= 0.3 is 6.03 Å². The number of aromatic nitrogens is 1. The summed E-state index contributed by atoms with van der Waals surface area (Å²) in [5.41, 5.74) is 1.98. The Bertz CT molecular complexity index is 1070. The molecule has 1 fully saturated rings. The number of aromatic amines is 1. The van der Waals surface area contributed by atoms with E-state index in [9.17, 15) is 23.1 Å². The van der Waals surface area contributed by atoms with E-state index in [0.717, 1.165) is 12.5 Å². The Kier molecular flexibility index (Phi) is 5.67. The zero-order valence-corrected chi connectivity index (χ0v) is 16.1. The zero-order valence-electron chi connectivity index (χ0n) is 16.1. The van der Waals surface area contributed by atoms with Crippen molar-refractivity contribution in [2.75, 3.05) is 6.54 Å². The highest BCUT2D eigenvalue weighted by atomic mass is 19.1. The van der Waals surface area contributed by atoms with E-state index in [1.165, 1.54) is 18.2 Å². The molecule has 2 amide bonds. The van der Waals surface area contributed by atoms with Gasteiger partial charge in [-0.05, 0) is 67.1 Å². The van der Waals surface area contributed by atoms with Crippen molar-refractivity contribution in [3.05, 3.63) is 59.4 Å². The van der Waals surface area contributed by atoms with Crippen LogP contribution < -0.4 is 10.6 Å². The molecule has 4 N–H and O–H groups in total. The van der Waals surface area contributed by atoms with E-state index in [1.807, 2.05) is 0 Å². The van der Waals surface area contributed by atoms with E-state index in [-0.39, 0.29) is 30.2 Å². The minimum atomic E-state index is -0.717. The molecule has 0 radical (unpaired) electrons. The van der Waals surface area contributed by atoms with Crippen molar-refractivity contribution in [3.63, 3.8) is 0 Å². The number of aliphatic hydroxyl groups excluding tert-OH is 1. The second-order valence-electron chi connectivity index (χ2n) is 7.61. The molecule has 0 unspecified atom stereocenters. The molecular weight excluding hydrogens is 395 g/mol. The SMILES string of the molecule is O=C(NCCc1c(-c2ccc(F)cc2)[nH]c2c(F)cc(F)cc12)N[C@@H]1CC[C@H](O)C1. The smallest absolute Gasteiger partial charge is 0.315 e. The first-order chi connectivity index (χ1) is 14.4. The van der Waals surface area contributed by atoms with Crippen LogP contribution >= 0.6 is 0 Å². The summed E-state index contributed by atoms with van der Waals surface area (Å²) in [5, 5.41) is 15.5. The van der Waals surface area contributed by atoms with Gasteiger partial charge in [-0.3, -0.25) is 0 Å².